The third-order valence-electron chi connectivity index (χ3n) is 0.909. The van der Waals surface area contributed by atoms with E-state index >= 15 is 0 Å². The summed E-state index contributed by atoms with van der Waals surface area (Å²) < 4.78 is 0. The van der Waals surface area contributed by atoms with Crippen molar-refractivity contribution in [2.45, 2.75) is 5.25 Å². The van der Waals surface area contributed by atoms with E-state index in [9.17, 15) is 0 Å². The molecule has 1 nitrogen and oxygen atoms in total. The van der Waals surface area contributed by atoms with Crippen LogP contribution in [0.2, 0.25) is 0 Å². The second-order valence-corrected chi connectivity index (χ2v) is 3.48. The molecule has 4 heteroatoms. The standard InChI is InChI=1S/C5H7NS3/c7-3-4(8)5-6-1-2-9-5/h1-2,4,7-8H,3H2. The average Bonchev–Trinajstić information content (AvgIpc) is 2.37. The lowest BCUT2D eigenvalue weighted by Crippen LogP contribution is -1.88. The van der Waals surface area contributed by atoms with Crippen molar-refractivity contribution in [2.75, 3.05) is 5.75 Å². The molecule has 0 N–H and O–H groups in total. The van der Waals surface area contributed by atoms with Gasteiger partial charge in [-0.05, 0) is 0 Å². The zero-order valence-corrected chi connectivity index (χ0v) is 7.29. The molecular weight excluding hydrogens is 170 g/mol. The van der Waals surface area contributed by atoms with Gasteiger partial charge in [0.15, 0.2) is 0 Å². The quantitative estimate of drug-likeness (QED) is 0.659. The second-order valence-electron chi connectivity index (χ2n) is 1.57. The summed E-state index contributed by atoms with van der Waals surface area (Å²) >= 11 is 9.97. The van der Waals surface area contributed by atoms with Crippen molar-refractivity contribution in [3.8, 4) is 0 Å². The zero-order valence-electron chi connectivity index (χ0n) is 4.69. The molecule has 1 aromatic heterocycles. The van der Waals surface area contributed by atoms with Crippen molar-refractivity contribution in [1.29, 1.82) is 0 Å². The molecule has 1 atom stereocenters. The van der Waals surface area contributed by atoms with Crippen LogP contribution in [-0.4, -0.2) is 10.7 Å². The van der Waals surface area contributed by atoms with Crippen molar-refractivity contribution in [2.24, 2.45) is 0 Å². The first-order valence-corrected chi connectivity index (χ1v) is 4.55. The Kier molecular flexibility index (Phi) is 2.88. The largest absolute Gasteiger partial charge is 0.248 e. The van der Waals surface area contributed by atoms with E-state index in [0.717, 1.165) is 10.8 Å². The number of thiol groups is 2. The van der Waals surface area contributed by atoms with Crippen molar-refractivity contribution in [1.82, 2.24) is 4.98 Å². The number of thiazole rings is 1. The van der Waals surface area contributed by atoms with Crippen LogP contribution in [0.15, 0.2) is 11.6 Å². The van der Waals surface area contributed by atoms with Crippen LogP contribution < -0.4 is 0 Å². The van der Waals surface area contributed by atoms with Crippen molar-refractivity contribution in [3.05, 3.63) is 16.6 Å². The SMILES string of the molecule is SCC(S)c1nccs1. The summed E-state index contributed by atoms with van der Waals surface area (Å²) in [7, 11) is 0. The summed E-state index contributed by atoms with van der Waals surface area (Å²) in [5.41, 5.74) is 0. The Labute approximate surface area is 69.3 Å². The maximum atomic E-state index is 4.26. The molecule has 0 spiro atoms. The Hall–Kier alpha value is 0.330. The molecule has 0 radical (unpaired) electrons. The molecule has 0 amide bonds. The molecule has 0 fully saturated rings. The predicted molar refractivity (Wildman–Crippen MR) is 47.7 cm³/mol. The summed E-state index contributed by atoms with van der Waals surface area (Å²) in [6.07, 6.45) is 1.78. The fourth-order valence-electron chi connectivity index (χ4n) is 0.477. The molecule has 0 saturated carbocycles. The van der Waals surface area contributed by atoms with Gasteiger partial charge in [0.1, 0.15) is 5.01 Å². The minimum atomic E-state index is 0.202. The lowest BCUT2D eigenvalue weighted by molar-refractivity contribution is 1.09. The van der Waals surface area contributed by atoms with Gasteiger partial charge in [-0.1, -0.05) is 0 Å². The molecule has 1 unspecified atom stereocenters. The third-order valence-corrected chi connectivity index (χ3v) is 3.05. The predicted octanol–water partition coefficient (Wildman–Crippen LogP) is 2.04. The van der Waals surface area contributed by atoms with E-state index in [2.05, 4.69) is 30.2 Å². The molecule has 1 rings (SSSR count). The van der Waals surface area contributed by atoms with Crippen LogP contribution in [-0.2, 0) is 0 Å². The highest BCUT2D eigenvalue weighted by molar-refractivity contribution is 7.84. The summed E-state index contributed by atoms with van der Waals surface area (Å²) in [5, 5.41) is 3.20. The number of rotatable bonds is 2. The van der Waals surface area contributed by atoms with E-state index in [0.29, 0.717) is 0 Å². The molecule has 0 aliphatic rings. The van der Waals surface area contributed by atoms with Crippen LogP contribution in [0.1, 0.15) is 10.3 Å². The van der Waals surface area contributed by atoms with E-state index in [1.165, 1.54) is 0 Å². The van der Waals surface area contributed by atoms with Gasteiger partial charge in [-0.2, -0.15) is 25.3 Å². The normalized spacial score (nSPS) is 13.6. The third kappa shape index (κ3) is 1.88. The summed E-state index contributed by atoms with van der Waals surface area (Å²) in [4.78, 5) is 4.08. The lowest BCUT2D eigenvalue weighted by Gasteiger charge is -1.99. The van der Waals surface area contributed by atoms with Gasteiger partial charge >= 0.3 is 0 Å². The van der Waals surface area contributed by atoms with E-state index < -0.39 is 0 Å². The first kappa shape index (κ1) is 7.44. The van der Waals surface area contributed by atoms with Gasteiger partial charge in [0, 0.05) is 17.3 Å². The minimum Gasteiger partial charge on any atom is -0.248 e. The molecule has 9 heavy (non-hydrogen) atoms. The van der Waals surface area contributed by atoms with Crippen LogP contribution >= 0.6 is 36.6 Å². The summed E-state index contributed by atoms with van der Waals surface area (Å²) in [6.45, 7) is 0. The lowest BCUT2D eigenvalue weighted by atomic mass is 10.5. The van der Waals surface area contributed by atoms with Gasteiger partial charge in [0.05, 0.1) is 5.25 Å². The Morgan fingerprint density at radius 2 is 2.56 bits per heavy atom. The van der Waals surface area contributed by atoms with Crippen LogP contribution in [0.25, 0.3) is 0 Å². The smallest absolute Gasteiger partial charge is 0.106 e. The molecule has 1 heterocycles. The first-order chi connectivity index (χ1) is 4.34. The monoisotopic (exact) mass is 177 g/mol. The Bertz CT molecular complexity index is 161. The number of aromatic nitrogens is 1. The van der Waals surface area contributed by atoms with E-state index in [-0.39, 0.29) is 5.25 Å². The maximum Gasteiger partial charge on any atom is 0.106 e. The van der Waals surface area contributed by atoms with E-state index in [4.69, 9.17) is 0 Å². The van der Waals surface area contributed by atoms with Gasteiger partial charge in [-0.25, -0.2) is 4.98 Å². The summed E-state index contributed by atoms with van der Waals surface area (Å²) in [6, 6.07) is 0. The van der Waals surface area contributed by atoms with Crippen LogP contribution in [0.3, 0.4) is 0 Å². The van der Waals surface area contributed by atoms with Crippen LogP contribution in [0.4, 0.5) is 0 Å². The average molecular weight is 177 g/mol. The second kappa shape index (κ2) is 3.49. The first-order valence-electron chi connectivity index (χ1n) is 2.53. The number of hydrogen-bond donors (Lipinski definition) is 2. The molecular formula is C5H7NS3. The minimum absolute atomic E-state index is 0.202. The Balaban J connectivity index is 2.65. The number of nitrogens with zero attached hydrogens (tertiary/aromatic N) is 1. The molecule has 0 aliphatic heterocycles. The van der Waals surface area contributed by atoms with Gasteiger partial charge < -0.3 is 0 Å². The molecule has 0 aromatic carbocycles. The fourth-order valence-corrected chi connectivity index (χ4v) is 1.65. The van der Waals surface area contributed by atoms with Crippen molar-refractivity contribution in [3.63, 3.8) is 0 Å². The van der Waals surface area contributed by atoms with E-state index in [1.807, 2.05) is 5.38 Å². The zero-order chi connectivity index (χ0) is 6.69. The van der Waals surface area contributed by atoms with Gasteiger partial charge in [0.25, 0.3) is 0 Å². The molecule has 1 aromatic rings. The number of hydrogen-bond acceptors (Lipinski definition) is 4. The van der Waals surface area contributed by atoms with E-state index in [1.54, 1.807) is 17.5 Å². The van der Waals surface area contributed by atoms with Gasteiger partial charge in [0.2, 0.25) is 0 Å². The molecule has 0 saturated heterocycles. The highest BCUT2D eigenvalue weighted by Crippen LogP contribution is 2.22. The Morgan fingerprint density at radius 1 is 1.78 bits per heavy atom. The van der Waals surface area contributed by atoms with Gasteiger partial charge in [-0.15, -0.1) is 11.3 Å². The van der Waals surface area contributed by atoms with Crippen molar-refractivity contribution < 1.29 is 0 Å². The summed E-state index contributed by atoms with van der Waals surface area (Å²) in [5.74, 6) is 0.747. The maximum absolute atomic E-state index is 4.26. The molecule has 0 aliphatic carbocycles. The highest BCUT2D eigenvalue weighted by atomic mass is 32.1. The van der Waals surface area contributed by atoms with Crippen LogP contribution in [0, 0.1) is 0 Å². The topological polar surface area (TPSA) is 12.9 Å². The van der Waals surface area contributed by atoms with Gasteiger partial charge in [-0.3, -0.25) is 0 Å². The fraction of sp³-hybridized carbons (Fsp3) is 0.400. The van der Waals surface area contributed by atoms with Crippen molar-refractivity contribution >= 4 is 36.6 Å². The highest BCUT2D eigenvalue weighted by Gasteiger charge is 2.04. The van der Waals surface area contributed by atoms with Crippen LogP contribution in [0.5, 0.6) is 0 Å². The molecule has 50 valence electrons. The molecule has 0 bridgehead atoms. The Morgan fingerprint density at radius 3 is 3.00 bits per heavy atom.